The molecule has 4 aromatic rings. The summed E-state index contributed by atoms with van der Waals surface area (Å²) in [5, 5.41) is 12.5. The number of benzene rings is 1. The largest absolute Gasteiger partial charge is 0.497 e. The predicted molar refractivity (Wildman–Crippen MR) is 111 cm³/mol. The first-order valence-corrected chi connectivity index (χ1v) is 9.38. The van der Waals surface area contributed by atoms with Gasteiger partial charge in [0, 0.05) is 24.3 Å². The number of ether oxygens (including phenoxy) is 1. The van der Waals surface area contributed by atoms with Crippen LogP contribution in [-0.2, 0) is 17.9 Å². The summed E-state index contributed by atoms with van der Waals surface area (Å²) < 4.78 is 8.63. The van der Waals surface area contributed by atoms with Crippen LogP contribution in [0.1, 0.15) is 12.6 Å². The van der Waals surface area contributed by atoms with E-state index in [-0.39, 0.29) is 12.5 Å². The van der Waals surface area contributed by atoms with Gasteiger partial charge in [-0.3, -0.25) is 9.48 Å². The summed E-state index contributed by atoms with van der Waals surface area (Å²) in [6.07, 6.45) is 5.17. The number of methoxy groups -OCH3 is 1. The van der Waals surface area contributed by atoms with Gasteiger partial charge in [0.05, 0.1) is 24.7 Å². The van der Waals surface area contributed by atoms with Gasteiger partial charge in [-0.1, -0.05) is 12.1 Å². The maximum absolute atomic E-state index is 12.5. The monoisotopic (exact) mass is 390 g/mol. The Hall–Kier alpha value is -3.68. The fourth-order valence-electron chi connectivity index (χ4n) is 3.34. The van der Waals surface area contributed by atoms with E-state index in [1.54, 1.807) is 35.1 Å². The number of hydrogen-bond donors (Lipinski definition) is 1. The van der Waals surface area contributed by atoms with E-state index in [1.807, 2.05) is 44.2 Å². The minimum atomic E-state index is -0.179. The number of aromatic nitrogens is 5. The molecule has 0 aliphatic carbocycles. The van der Waals surface area contributed by atoms with E-state index in [1.165, 1.54) is 0 Å². The van der Waals surface area contributed by atoms with Crippen LogP contribution in [0.3, 0.4) is 0 Å². The second-order valence-electron chi connectivity index (χ2n) is 6.66. The Balaban J connectivity index is 1.63. The zero-order chi connectivity index (χ0) is 20.4. The van der Waals surface area contributed by atoms with Gasteiger partial charge in [-0.2, -0.15) is 10.2 Å². The number of amides is 1. The molecule has 0 saturated heterocycles. The summed E-state index contributed by atoms with van der Waals surface area (Å²) in [6, 6.07) is 9.81. The highest BCUT2D eigenvalue weighted by Gasteiger charge is 2.16. The number of nitrogens with zero attached hydrogens (tertiary/aromatic N) is 5. The second-order valence-corrected chi connectivity index (χ2v) is 6.66. The van der Waals surface area contributed by atoms with E-state index in [0.717, 1.165) is 34.5 Å². The predicted octanol–water partition coefficient (Wildman–Crippen LogP) is 3.27. The third-order valence-electron chi connectivity index (χ3n) is 4.74. The average molecular weight is 390 g/mol. The summed E-state index contributed by atoms with van der Waals surface area (Å²) in [5.41, 5.74) is 4.22. The van der Waals surface area contributed by atoms with Crippen LogP contribution >= 0.6 is 0 Å². The van der Waals surface area contributed by atoms with Crippen LogP contribution in [0.2, 0.25) is 0 Å². The average Bonchev–Trinajstić information content (AvgIpc) is 3.32. The molecule has 3 aromatic heterocycles. The molecule has 0 atom stereocenters. The van der Waals surface area contributed by atoms with E-state index in [0.29, 0.717) is 11.3 Å². The lowest BCUT2D eigenvalue weighted by Crippen LogP contribution is -2.19. The van der Waals surface area contributed by atoms with Gasteiger partial charge in [-0.05, 0) is 43.2 Å². The van der Waals surface area contributed by atoms with Crippen molar-refractivity contribution in [1.82, 2.24) is 24.5 Å². The Morgan fingerprint density at radius 1 is 1.21 bits per heavy atom. The molecule has 8 heteroatoms. The Labute approximate surface area is 168 Å². The van der Waals surface area contributed by atoms with E-state index >= 15 is 0 Å². The molecule has 0 aliphatic rings. The van der Waals surface area contributed by atoms with Crippen molar-refractivity contribution < 1.29 is 9.53 Å². The molecule has 0 fully saturated rings. The highest BCUT2D eigenvalue weighted by atomic mass is 16.5. The normalized spacial score (nSPS) is 11.0. The standard InChI is InChI=1S/C21H22N6O2/c1-4-26-12-16(11-23-26)24-19(28)13-27-21-20(14(2)25-27)18(9-10-22-21)15-5-7-17(29-3)8-6-15/h5-12H,4,13H2,1-3H3,(H,24,28). The van der Waals surface area contributed by atoms with Crippen LogP contribution in [0.4, 0.5) is 5.69 Å². The number of hydrogen-bond acceptors (Lipinski definition) is 5. The molecule has 29 heavy (non-hydrogen) atoms. The van der Waals surface area contributed by atoms with Crippen molar-refractivity contribution in [2.45, 2.75) is 26.9 Å². The fraction of sp³-hybridized carbons (Fsp3) is 0.238. The number of nitrogens with one attached hydrogen (secondary N) is 1. The lowest BCUT2D eigenvalue weighted by molar-refractivity contribution is -0.116. The van der Waals surface area contributed by atoms with Gasteiger partial charge >= 0.3 is 0 Å². The number of fused-ring (bicyclic) bond motifs is 1. The summed E-state index contributed by atoms with van der Waals surface area (Å²) in [7, 11) is 1.64. The molecule has 1 amide bonds. The minimum Gasteiger partial charge on any atom is -0.497 e. The highest BCUT2D eigenvalue weighted by molar-refractivity contribution is 5.96. The maximum atomic E-state index is 12.5. The SMILES string of the molecule is CCn1cc(NC(=O)Cn2nc(C)c3c(-c4ccc(OC)cc4)ccnc32)cn1. The molecule has 148 valence electrons. The maximum Gasteiger partial charge on any atom is 0.246 e. The molecule has 3 heterocycles. The lowest BCUT2D eigenvalue weighted by atomic mass is 10.0. The van der Waals surface area contributed by atoms with Crippen molar-refractivity contribution >= 4 is 22.6 Å². The summed E-state index contributed by atoms with van der Waals surface area (Å²) in [4.78, 5) is 17.0. The quantitative estimate of drug-likeness (QED) is 0.546. The molecule has 0 bridgehead atoms. The third kappa shape index (κ3) is 3.69. The molecule has 1 aromatic carbocycles. The van der Waals surface area contributed by atoms with E-state index in [2.05, 4.69) is 20.5 Å². The van der Waals surface area contributed by atoms with E-state index in [4.69, 9.17) is 4.74 Å². The number of anilines is 1. The van der Waals surface area contributed by atoms with Crippen LogP contribution in [0, 0.1) is 6.92 Å². The first-order valence-electron chi connectivity index (χ1n) is 9.38. The number of pyridine rings is 1. The van der Waals surface area contributed by atoms with Crippen LogP contribution in [0.5, 0.6) is 5.75 Å². The van der Waals surface area contributed by atoms with E-state index < -0.39 is 0 Å². The molecule has 4 rings (SSSR count). The number of aryl methyl sites for hydroxylation is 2. The number of carbonyl (C=O) groups is 1. The first-order chi connectivity index (χ1) is 14.1. The Kier molecular flexibility index (Phi) is 4.99. The van der Waals surface area contributed by atoms with Gasteiger partial charge in [0.1, 0.15) is 12.3 Å². The molecule has 8 nitrogen and oxygen atoms in total. The summed E-state index contributed by atoms with van der Waals surface area (Å²) >= 11 is 0. The minimum absolute atomic E-state index is 0.0701. The van der Waals surface area contributed by atoms with Crippen molar-refractivity contribution in [2.24, 2.45) is 0 Å². The van der Waals surface area contributed by atoms with Crippen LogP contribution < -0.4 is 10.1 Å². The fourth-order valence-corrected chi connectivity index (χ4v) is 3.34. The van der Waals surface area contributed by atoms with Gasteiger partial charge in [-0.25, -0.2) is 9.67 Å². The van der Waals surface area contributed by atoms with Gasteiger partial charge < -0.3 is 10.1 Å². The highest BCUT2D eigenvalue weighted by Crippen LogP contribution is 2.30. The first kappa shape index (κ1) is 18.7. The van der Waals surface area contributed by atoms with Crippen LogP contribution in [0.25, 0.3) is 22.2 Å². The third-order valence-corrected chi connectivity index (χ3v) is 4.74. The second kappa shape index (κ2) is 7.75. The topological polar surface area (TPSA) is 86.9 Å². The lowest BCUT2D eigenvalue weighted by Gasteiger charge is -2.07. The van der Waals surface area contributed by atoms with E-state index in [9.17, 15) is 4.79 Å². The zero-order valence-corrected chi connectivity index (χ0v) is 16.6. The molecular formula is C21H22N6O2. The van der Waals surface area contributed by atoms with Crippen molar-refractivity contribution in [3.63, 3.8) is 0 Å². The Morgan fingerprint density at radius 3 is 2.69 bits per heavy atom. The van der Waals surface area contributed by atoms with Crippen LogP contribution in [-0.4, -0.2) is 37.6 Å². The Morgan fingerprint density at radius 2 is 2.00 bits per heavy atom. The van der Waals surface area contributed by atoms with Crippen molar-refractivity contribution in [3.05, 3.63) is 54.6 Å². The van der Waals surface area contributed by atoms with Crippen molar-refractivity contribution in [2.75, 3.05) is 12.4 Å². The number of carbonyl (C=O) groups excluding carboxylic acids is 1. The molecule has 0 saturated carbocycles. The summed E-state index contributed by atoms with van der Waals surface area (Å²) in [6.45, 7) is 4.73. The number of rotatable bonds is 6. The smallest absolute Gasteiger partial charge is 0.246 e. The van der Waals surface area contributed by atoms with Gasteiger partial charge in [-0.15, -0.1) is 0 Å². The van der Waals surface area contributed by atoms with Gasteiger partial charge in [0.2, 0.25) is 5.91 Å². The molecule has 0 spiro atoms. The summed E-state index contributed by atoms with van der Waals surface area (Å²) in [5.74, 6) is 0.622. The molecule has 1 N–H and O–H groups in total. The Bertz CT molecular complexity index is 1160. The molecule has 0 unspecified atom stereocenters. The molecule has 0 aliphatic heterocycles. The van der Waals surface area contributed by atoms with Gasteiger partial charge in [0.25, 0.3) is 0 Å². The van der Waals surface area contributed by atoms with Gasteiger partial charge in [0.15, 0.2) is 5.65 Å². The molecule has 0 radical (unpaired) electrons. The van der Waals surface area contributed by atoms with Crippen molar-refractivity contribution in [1.29, 1.82) is 0 Å². The van der Waals surface area contributed by atoms with Crippen LogP contribution in [0.15, 0.2) is 48.9 Å². The van der Waals surface area contributed by atoms with Crippen molar-refractivity contribution in [3.8, 4) is 16.9 Å². The molecular weight excluding hydrogens is 368 g/mol. The zero-order valence-electron chi connectivity index (χ0n) is 16.6.